The fourth-order valence-electron chi connectivity index (χ4n) is 5.50. The van der Waals surface area contributed by atoms with Gasteiger partial charge in [-0.1, -0.05) is 35.9 Å². The third-order valence-corrected chi connectivity index (χ3v) is 7.86. The summed E-state index contributed by atoms with van der Waals surface area (Å²) in [6.07, 6.45) is 1.21. The molecule has 0 radical (unpaired) electrons. The molecule has 0 spiro atoms. The number of ether oxygens (including phenoxy) is 1. The van der Waals surface area contributed by atoms with Crippen molar-refractivity contribution < 1.29 is 23.9 Å². The Morgan fingerprint density at radius 3 is 2.42 bits per heavy atom. The molecular weight excluding hydrogens is 508 g/mol. The molecule has 0 N–H and O–H groups in total. The topological polar surface area (TPSA) is 90.5 Å². The second-order valence-electron chi connectivity index (χ2n) is 9.78. The molecule has 200 valence electrons. The zero-order valence-electron chi connectivity index (χ0n) is 21.4. The van der Waals surface area contributed by atoms with E-state index >= 15 is 0 Å². The lowest BCUT2D eigenvalue weighted by Gasteiger charge is -2.39. The van der Waals surface area contributed by atoms with E-state index in [1.54, 1.807) is 42.2 Å². The van der Waals surface area contributed by atoms with Crippen molar-refractivity contribution in [3.8, 4) is 0 Å². The van der Waals surface area contributed by atoms with E-state index in [0.29, 0.717) is 73.3 Å². The number of rotatable bonds is 5. The van der Waals surface area contributed by atoms with Crippen LogP contribution >= 0.6 is 11.6 Å². The number of hydrogen-bond donors (Lipinski definition) is 0. The van der Waals surface area contributed by atoms with Gasteiger partial charge in [0.1, 0.15) is 0 Å². The zero-order valence-corrected chi connectivity index (χ0v) is 22.2. The number of carbonyl (C=O) groups is 4. The highest BCUT2D eigenvalue weighted by Crippen LogP contribution is 2.35. The van der Waals surface area contributed by atoms with Crippen LogP contribution in [0, 0.1) is 5.92 Å². The van der Waals surface area contributed by atoms with Crippen LogP contribution < -0.4 is 4.90 Å². The number of benzene rings is 2. The fourth-order valence-corrected chi connectivity index (χ4v) is 5.70. The quantitative estimate of drug-likeness (QED) is 0.540. The van der Waals surface area contributed by atoms with Crippen molar-refractivity contribution in [2.75, 3.05) is 50.8 Å². The molecule has 0 aliphatic carbocycles. The van der Waals surface area contributed by atoms with Crippen molar-refractivity contribution in [1.82, 2.24) is 14.7 Å². The smallest absolute Gasteiger partial charge is 0.409 e. The van der Waals surface area contributed by atoms with Crippen LogP contribution in [0.3, 0.4) is 0 Å². The van der Waals surface area contributed by atoms with E-state index in [1.165, 1.54) is 4.90 Å². The monoisotopic (exact) mass is 538 g/mol. The zero-order chi connectivity index (χ0) is 26.8. The van der Waals surface area contributed by atoms with Crippen molar-refractivity contribution >= 4 is 41.1 Å². The highest BCUT2D eigenvalue weighted by Gasteiger charge is 2.40. The van der Waals surface area contributed by atoms with E-state index < -0.39 is 0 Å². The molecule has 5 rings (SSSR count). The van der Waals surface area contributed by atoms with Gasteiger partial charge in [0.2, 0.25) is 5.91 Å². The summed E-state index contributed by atoms with van der Waals surface area (Å²) in [7, 11) is 0. The number of amides is 4. The van der Waals surface area contributed by atoms with Gasteiger partial charge in [-0.3, -0.25) is 19.3 Å². The maximum absolute atomic E-state index is 13.5. The maximum Gasteiger partial charge on any atom is 0.409 e. The van der Waals surface area contributed by atoms with E-state index in [1.807, 2.05) is 17.0 Å². The normalized spacial score (nSPS) is 19.6. The number of halogens is 1. The summed E-state index contributed by atoms with van der Waals surface area (Å²) in [5, 5.41) is 0.504. The Hall–Kier alpha value is -3.59. The molecular formula is C28H31ClN4O5. The van der Waals surface area contributed by atoms with Gasteiger partial charge in [0.05, 0.1) is 35.9 Å². The number of carbonyl (C=O) groups excluding carboxylic acids is 4. The average Bonchev–Trinajstić information content (AvgIpc) is 3.19. The van der Waals surface area contributed by atoms with E-state index in [0.717, 1.165) is 12.8 Å². The van der Waals surface area contributed by atoms with Crippen LogP contribution in [0.25, 0.3) is 0 Å². The number of hydrogen-bond acceptors (Lipinski definition) is 6. The first-order valence-corrected chi connectivity index (χ1v) is 13.4. The van der Waals surface area contributed by atoms with Gasteiger partial charge in [0.25, 0.3) is 11.8 Å². The molecule has 3 aliphatic heterocycles. The van der Waals surface area contributed by atoms with Gasteiger partial charge in [0.15, 0.2) is 0 Å². The summed E-state index contributed by atoms with van der Waals surface area (Å²) in [5.41, 5.74) is 2.16. The summed E-state index contributed by atoms with van der Waals surface area (Å²) in [6, 6.07) is 12.5. The molecule has 0 aromatic heterocycles. The third-order valence-electron chi connectivity index (χ3n) is 7.49. The molecule has 2 aromatic carbocycles. The third kappa shape index (κ3) is 4.95. The Morgan fingerprint density at radius 2 is 1.68 bits per heavy atom. The molecule has 1 atom stereocenters. The number of piperazine rings is 1. The van der Waals surface area contributed by atoms with Crippen molar-refractivity contribution in [2.24, 2.45) is 5.92 Å². The Morgan fingerprint density at radius 1 is 0.947 bits per heavy atom. The first-order chi connectivity index (χ1) is 18.4. The summed E-state index contributed by atoms with van der Waals surface area (Å²) in [4.78, 5) is 58.8. The number of nitrogens with zero attached hydrogens (tertiary/aromatic N) is 4. The molecule has 4 amide bonds. The van der Waals surface area contributed by atoms with Crippen molar-refractivity contribution in [3.05, 3.63) is 64.2 Å². The molecule has 2 saturated heterocycles. The lowest BCUT2D eigenvalue weighted by atomic mass is 9.94. The molecule has 3 aliphatic rings. The first-order valence-electron chi connectivity index (χ1n) is 13.1. The summed E-state index contributed by atoms with van der Waals surface area (Å²) in [6.45, 7) is 5.21. The van der Waals surface area contributed by atoms with Crippen LogP contribution in [0.4, 0.5) is 10.5 Å². The molecule has 10 heteroatoms. The van der Waals surface area contributed by atoms with Crippen LogP contribution in [0.1, 0.15) is 46.0 Å². The molecule has 38 heavy (non-hydrogen) atoms. The average molecular weight is 539 g/mol. The van der Waals surface area contributed by atoms with Gasteiger partial charge >= 0.3 is 6.09 Å². The van der Waals surface area contributed by atoms with Gasteiger partial charge < -0.3 is 19.4 Å². The standard InChI is InChI=1S/C28H31ClN4O5/c1-2-38-28(37)31-15-13-30(14-16-31)25(34)20-8-6-12-32(17-20)23-11-5-9-21-24(23)27(36)33(26(21)35)18-19-7-3-4-10-22(19)29/h3-5,7,9-11,20H,2,6,8,12-18H2,1H3/t20-/m0/s1. The van der Waals surface area contributed by atoms with E-state index in [9.17, 15) is 19.2 Å². The Kier molecular flexibility index (Phi) is 7.56. The van der Waals surface area contributed by atoms with Crippen molar-refractivity contribution in [2.45, 2.75) is 26.3 Å². The number of fused-ring (bicyclic) bond motifs is 1. The molecule has 9 nitrogen and oxygen atoms in total. The van der Waals surface area contributed by atoms with E-state index in [-0.39, 0.29) is 36.3 Å². The molecule has 2 aromatic rings. The fraction of sp³-hybridized carbons (Fsp3) is 0.429. The minimum Gasteiger partial charge on any atom is -0.450 e. The molecule has 0 saturated carbocycles. The van der Waals surface area contributed by atoms with Crippen molar-refractivity contribution in [1.29, 1.82) is 0 Å². The van der Waals surface area contributed by atoms with Gasteiger partial charge in [0, 0.05) is 44.3 Å². The predicted molar refractivity (Wildman–Crippen MR) is 142 cm³/mol. The van der Waals surface area contributed by atoms with Crippen LogP contribution in [0.5, 0.6) is 0 Å². The van der Waals surface area contributed by atoms with Crippen LogP contribution in [-0.2, 0) is 16.1 Å². The Balaban J connectivity index is 1.29. The lowest BCUT2D eigenvalue weighted by Crippen LogP contribution is -2.53. The van der Waals surface area contributed by atoms with Gasteiger partial charge in [-0.15, -0.1) is 0 Å². The van der Waals surface area contributed by atoms with Crippen LogP contribution in [-0.4, -0.2) is 84.4 Å². The first kappa shape index (κ1) is 26.0. The maximum atomic E-state index is 13.5. The lowest BCUT2D eigenvalue weighted by molar-refractivity contribution is -0.137. The van der Waals surface area contributed by atoms with E-state index in [2.05, 4.69) is 4.90 Å². The summed E-state index contributed by atoms with van der Waals surface area (Å²) in [5.74, 6) is -0.839. The van der Waals surface area contributed by atoms with Gasteiger partial charge in [-0.25, -0.2) is 4.79 Å². The number of imide groups is 1. The minimum absolute atomic E-state index is 0.0635. The largest absolute Gasteiger partial charge is 0.450 e. The Bertz CT molecular complexity index is 1260. The second-order valence-corrected chi connectivity index (χ2v) is 10.2. The molecule has 0 bridgehead atoms. The molecule has 2 fully saturated rings. The van der Waals surface area contributed by atoms with E-state index in [4.69, 9.17) is 16.3 Å². The summed E-state index contributed by atoms with van der Waals surface area (Å²) >= 11 is 6.29. The van der Waals surface area contributed by atoms with Crippen LogP contribution in [0.2, 0.25) is 5.02 Å². The highest BCUT2D eigenvalue weighted by molar-refractivity contribution is 6.31. The van der Waals surface area contributed by atoms with Crippen molar-refractivity contribution in [3.63, 3.8) is 0 Å². The highest BCUT2D eigenvalue weighted by atomic mass is 35.5. The SMILES string of the molecule is CCOC(=O)N1CCN(C(=O)[C@H]2CCCN(c3cccc4c3C(=O)N(Cc3ccccc3Cl)C4=O)C2)CC1. The summed E-state index contributed by atoms with van der Waals surface area (Å²) < 4.78 is 5.07. The Labute approximate surface area is 226 Å². The number of piperidine rings is 1. The number of anilines is 1. The van der Waals surface area contributed by atoms with Gasteiger partial charge in [-0.2, -0.15) is 0 Å². The van der Waals surface area contributed by atoms with Crippen LogP contribution in [0.15, 0.2) is 42.5 Å². The molecule has 0 unspecified atom stereocenters. The molecule has 3 heterocycles. The second kappa shape index (κ2) is 11.0. The minimum atomic E-state index is -0.343. The van der Waals surface area contributed by atoms with Gasteiger partial charge in [-0.05, 0) is 43.5 Å². The predicted octanol–water partition coefficient (Wildman–Crippen LogP) is 3.65.